The lowest BCUT2D eigenvalue weighted by atomic mass is 9.32. The third-order valence-corrected chi connectivity index (χ3v) is 14.1. The smallest absolute Gasteiger partial charge is 0.247 e. The molecule has 59 heavy (non-hydrogen) atoms. The van der Waals surface area contributed by atoms with Crippen molar-refractivity contribution < 1.29 is 0 Å². The quantitative estimate of drug-likeness (QED) is 0.161. The van der Waals surface area contributed by atoms with E-state index in [1.165, 1.54) is 140 Å². The van der Waals surface area contributed by atoms with Crippen LogP contribution >= 0.6 is 0 Å². The van der Waals surface area contributed by atoms with E-state index in [1.807, 2.05) is 0 Å². The number of nitrogens with zero attached hydrogens (tertiary/aromatic N) is 2. The summed E-state index contributed by atoms with van der Waals surface area (Å²) in [5.74, 6) is 0. The molecule has 0 N–H and O–H groups in total. The van der Waals surface area contributed by atoms with Crippen LogP contribution < -0.4 is 37.1 Å². The molecule has 0 unspecified atom stereocenters. The summed E-state index contributed by atoms with van der Waals surface area (Å²) in [5, 5.41) is 5.28. The van der Waals surface area contributed by atoms with E-state index >= 15 is 0 Å². The number of hydrogen-bond donors (Lipinski definition) is 0. The second-order valence-electron chi connectivity index (χ2n) is 18.3. The lowest BCUT2D eigenvalue weighted by molar-refractivity contribution is 0.796. The Hall–Kier alpha value is -5.73. The van der Waals surface area contributed by atoms with Gasteiger partial charge < -0.3 is 9.80 Å². The molecular formula is C55H52B2N2. The third-order valence-electron chi connectivity index (χ3n) is 14.1. The van der Waals surface area contributed by atoms with Gasteiger partial charge in [-0.1, -0.05) is 160 Å². The molecule has 1 aliphatic carbocycles. The molecule has 0 fully saturated rings. The zero-order valence-corrected chi connectivity index (χ0v) is 36.0. The highest BCUT2D eigenvalue weighted by atomic mass is 15.3. The molecular weight excluding hydrogens is 710 g/mol. The van der Waals surface area contributed by atoms with Gasteiger partial charge in [0.2, 0.25) is 13.4 Å². The summed E-state index contributed by atoms with van der Waals surface area (Å²) in [7, 11) is 0. The predicted molar refractivity (Wildman–Crippen MR) is 257 cm³/mol. The van der Waals surface area contributed by atoms with Gasteiger partial charge in [0.05, 0.1) is 22.8 Å². The van der Waals surface area contributed by atoms with Crippen LogP contribution in [-0.2, 0) is 6.42 Å². The van der Waals surface area contributed by atoms with Crippen LogP contribution in [0.3, 0.4) is 0 Å². The van der Waals surface area contributed by atoms with E-state index in [4.69, 9.17) is 0 Å². The van der Waals surface area contributed by atoms with Crippen LogP contribution in [-0.4, -0.2) is 13.4 Å². The molecule has 0 radical (unpaired) electrons. The fourth-order valence-corrected chi connectivity index (χ4v) is 11.9. The Morgan fingerprint density at radius 1 is 0.525 bits per heavy atom. The molecule has 3 heterocycles. The zero-order valence-electron chi connectivity index (χ0n) is 36.0. The Balaban J connectivity index is 1.25. The van der Waals surface area contributed by atoms with Crippen molar-refractivity contribution in [2.24, 2.45) is 0 Å². The fraction of sp³-hybridized carbons (Fsp3) is 0.236. The van der Waals surface area contributed by atoms with Crippen molar-refractivity contribution in [1.82, 2.24) is 0 Å². The first-order valence-electron chi connectivity index (χ1n) is 22.0. The third kappa shape index (κ3) is 5.41. The number of aryl methyl sites for hydroxylation is 8. The largest absolute Gasteiger partial charge is 0.308 e. The molecule has 288 valence electrons. The maximum atomic E-state index is 2.70. The van der Waals surface area contributed by atoms with Crippen LogP contribution in [0.15, 0.2) is 126 Å². The molecule has 0 amide bonds. The van der Waals surface area contributed by atoms with E-state index in [9.17, 15) is 0 Å². The van der Waals surface area contributed by atoms with Gasteiger partial charge in [0.1, 0.15) is 0 Å². The molecule has 0 atom stereocenters. The standard InChI is InChI=1S/C55H52B2N2/c1-9-10-13-39-19-21-41-31-51-47(29-43(41)27-39)57(53-37(7)24-34(4)25-38(53)8)45-15-12-16-48-55(45)59(51)49-17-11-14-44-54(49)58(48)50-30-40-20-18-32(2)26-42(40)28-46(50)56(44)52-35(5)22-33(3)23-36(52)6/h11,14,16-31H,9-10,12-13,15H2,1-8H3. The SMILES string of the molecule is CCCCc1ccc2cc3c(cc2c1)B(c1c(C)cc(C)cc1C)C1=C2C(=CCC1)N1c4cc5ccc(C)cc5cc4B(c4c(C)cc(C)cc4C)c4cccc(c41)N23. The number of rotatable bonds is 5. The van der Waals surface area contributed by atoms with Crippen molar-refractivity contribution in [2.75, 3.05) is 9.80 Å². The molecule has 2 nitrogen and oxygen atoms in total. The van der Waals surface area contributed by atoms with E-state index in [0.717, 1.165) is 19.3 Å². The van der Waals surface area contributed by atoms with Crippen LogP contribution in [0.5, 0.6) is 0 Å². The Morgan fingerprint density at radius 3 is 1.81 bits per heavy atom. The fourth-order valence-electron chi connectivity index (χ4n) is 11.9. The van der Waals surface area contributed by atoms with E-state index < -0.39 is 0 Å². The van der Waals surface area contributed by atoms with Crippen LogP contribution in [0.25, 0.3) is 21.5 Å². The summed E-state index contributed by atoms with van der Waals surface area (Å²) in [6.45, 7) is 18.6. The van der Waals surface area contributed by atoms with Crippen LogP contribution in [0, 0.1) is 48.5 Å². The maximum Gasteiger partial charge on any atom is 0.247 e. The number of anilines is 4. The van der Waals surface area contributed by atoms with Gasteiger partial charge >= 0.3 is 0 Å². The number of fused-ring (bicyclic) bond motifs is 8. The minimum absolute atomic E-state index is 0.101. The Labute approximate surface area is 351 Å². The van der Waals surface area contributed by atoms with Crippen molar-refractivity contribution in [2.45, 2.75) is 87.5 Å². The molecule has 0 spiro atoms. The predicted octanol–water partition coefficient (Wildman–Crippen LogP) is 10.7. The van der Waals surface area contributed by atoms with Crippen molar-refractivity contribution in [3.8, 4) is 0 Å². The van der Waals surface area contributed by atoms with Crippen molar-refractivity contribution in [1.29, 1.82) is 0 Å². The second-order valence-corrected chi connectivity index (χ2v) is 18.3. The van der Waals surface area contributed by atoms with Crippen LogP contribution in [0.4, 0.5) is 22.7 Å². The molecule has 4 aliphatic rings. The summed E-state index contributed by atoms with van der Waals surface area (Å²) in [5.41, 5.74) is 27.6. The van der Waals surface area contributed by atoms with Crippen LogP contribution in [0.2, 0.25) is 0 Å². The first-order chi connectivity index (χ1) is 28.6. The monoisotopic (exact) mass is 762 g/mol. The number of allylic oxidation sites excluding steroid dienone is 2. The van der Waals surface area contributed by atoms with Crippen molar-refractivity contribution >= 4 is 85.0 Å². The minimum atomic E-state index is 0.101. The van der Waals surface area contributed by atoms with Gasteiger partial charge in [-0.3, -0.25) is 0 Å². The lowest BCUT2D eigenvalue weighted by Gasteiger charge is -2.52. The highest BCUT2D eigenvalue weighted by Crippen LogP contribution is 2.54. The maximum absolute atomic E-state index is 2.70. The number of para-hydroxylation sites is 1. The van der Waals surface area contributed by atoms with Gasteiger partial charge in [0, 0.05) is 11.4 Å². The molecule has 0 aromatic heterocycles. The summed E-state index contributed by atoms with van der Waals surface area (Å²) >= 11 is 0. The first-order valence-corrected chi connectivity index (χ1v) is 22.0. The molecule has 4 heteroatoms. The number of benzene rings is 7. The van der Waals surface area contributed by atoms with Gasteiger partial charge in [0.25, 0.3) is 0 Å². The van der Waals surface area contributed by atoms with Gasteiger partial charge in [0.15, 0.2) is 0 Å². The van der Waals surface area contributed by atoms with Gasteiger partial charge in [-0.25, -0.2) is 0 Å². The minimum Gasteiger partial charge on any atom is -0.308 e. The lowest BCUT2D eigenvalue weighted by Crippen LogP contribution is -2.61. The number of hydrogen-bond acceptors (Lipinski definition) is 2. The summed E-state index contributed by atoms with van der Waals surface area (Å²) in [4.78, 5) is 5.39. The van der Waals surface area contributed by atoms with E-state index in [-0.39, 0.29) is 13.4 Å². The second kappa shape index (κ2) is 13.4. The van der Waals surface area contributed by atoms with E-state index in [1.54, 1.807) is 5.47 Å². The Morgan fingerprint density at radius 2 is 1.14 bits per heavy atom. The van der Waals surface area contributed by atoms with E-state index in [2.05, 4.69) is 174 Å². The number of unbranched alkanes of at least 4 members (excludes halogenated alkanes) is 1. The molecule has 7 aromatic rings. The summed E-state index contributed by atoms with van der Waals surface area (Å²) < 4.78 is 0. The summed E-state index contributed by atoms with van der Waals surface area (Å²) in [6, 6.07) is 41.1. The molecule has 11 rings (SSSR count). The highest BCUT2D eigenvalue weighted by molar-refractivity contribution is 6.99. The molecule has 0 saturated carbocycles. The Bertz CT molecular complexity index is 2990. The topological polar surface area (TPSA) is 6.48 Å². The van der Waals surface area contributed by atoms with Gasteiger partial charge in [-0.2, -0.15) is 0 Å². The molecule has 0 saturated heterocycles. The molecule has 7 aromatic carbocycles. The van der Waals surface area contributed by atoms with Crippen LogP contribution in [0.1, 0.15) is 77.1 Å². The van der Waals surface area contributed by atoms with Gasteiger partial charge in [-0.15, -0.1) is 0 Å². The first kappa shape index (κ1) is 36.4. The average molecular weight is 763 g/mol. The van der Waals surface area contributed by atoms with Gasteiger partial charge in [-0.05, 0) is 136 Å². The highest BCUT2D eigenvalue weighted by Gasteiger charge is 2.49. The average Bonchev–Trinajstić information content (AvgIpc) is 3.20. The normalized spacial score (nSPS) is 15.1. The molecule has 0 bridgehead atoms. The van der Waals surface area contributed by atoms with E-state index in [0.29, 0.717) is 0 Å². The Kier molecular flexibility index (Phi) is 8.26. The summed E-state index contributed by atoms with van der Waals surface area (Å²) in [6.07, 6.45) is 8.18. The van der Waals surface area contributed by atoms with Crippen molar-refractivity contribution in [3.63, 3.8) is 0 Å². The zero-order chi connectivity index (χ0) is 40.4. The molecule has 3 aliphatic heterocycles. The van der Waals surface area contributed by atoms with Crippen molar-refractivity contribution in [3.05, 3.63) is 171 Å².